The average Bonchev–Trinajstić information content (AvgIpc) is 2.86. The number of rotatable bonds is 17. The first kappa shape index (κ1) is 33.9. The van der Waals surface area contributed by atoms with Gasteiger partial charge in [-0.15, -0.1) is 6.58 Å². The molecule has 0 bridgehead atoms. The van der Waals surface area contributed by atoms with Crippen LogP contribution in [0.1, 0.15) is 86.5 Å². The van der Waals surface area contributed by atoms with Crippen molar-refractivity contribution in [2.75, 3.05) is 26.2 Å². The Kier molecular flexibility index (Phi) is 15.9. The lowest BCUT2D eigenvalue weighted by Crippen LogP contribution is -2.46. The predicted molar refractivity (Wildman–Crippen MR) is 164 cm³/mol. The number of allylic oxidation sites excluding steroid dienone is 6. The quantitative estimate of drug-likeness (QED) is 0.137. The lowest BCUT2D eigenvalue weighted by molar-refractivity contribution is -0.131. The van der Waals surface area contributed by atoms with Crippen LogP contribution in [0.5, 0.6) is 0 Å². The molecule has 0 aromatic carbocycles. The number of halogens is 1. The summed E-state index contributed by atoms with van der Waals surface area (Å²) < 4.78 is 0.998. The molecule has 1 heterocycles. The van der Waals surface area contributed by atoms with Crippen molar-refractivity contribution in [3.63, 3.8) is 0 Å². The number of hydrogen-bond acceptors (Lipinski definition) is 3. The van der Waals surface area contributed by atoms with Gasteiger partial charge in [0.05, 0.1) is 6.54 Å². The zero-order chi connectivity index (χ0) is 28.0. The molecule has 212 valence electrons. The molecule has 0 aliphatic carbocycles. The largest absolute Gasteiger partial charge is 0.396 e. The van der Waals surface area contributed by atoms with Crippen LogP contribution in [0.15, 0.2) is 47.5 Å². The third kappa shape index (κ3) is 12.0. The van der Waals surface area contributed by atoms with Gasteiger partial charge in [0.2, 0.25) is 5.91 Å². The number of aliphatic hydroxyl groups is 1. The van der Waals surface area contributed by atoms with Crippen molar-refractivity contribution in [1.29, 1.82) is 0 Å². The third-order valence-corrected chi connectivity index (χ3v) is 8.98. The molecule has 0 spiro atoms. The van der Waals surface area contributed by atoms with Gasteiger partial charge in [0.1, 0.15) is 0 Å². The van der Waals surface area contributed by atoms with Crippen LogP contribution in [0, 0.1) is 29.1 Å². The van der Waals surface area contributed by atoms with Crippen LogP contribution in [-0.2, 0) is 4.79 Å². The summed E-state index contributed by atoms with van der Waals surface area (Å²) in [6, 6.07) is 0.341. The molecule has 1 aliphatic rings. The monoisotopic (exact) mass is 578 g/mol. The maximum absolute atomic E-state index is 13.0. The fourth-order valence-corrected chi connectivity index (χ4v) is 6.25. The van der Waals surface area contributed by atoms with E-state index >= 15 is 0 Å². The molecule has 1 aliphatic heterocycles. The Hall–Kier alpha value is -1.17. The highest BCUT2D eigenvalue weighted by atomic mass is 79.9. The van der Waals surface area contributed by atoms with E-state index in [0.717, 1.165) is 49.7 Å². The number of nitrogens with one attached hydrogen (secondary N) is 1. The van der Waals surface area contributed by atoms with E-state index in [0.29, 0.717) is 30.3 Å². The van der Waals surface area contributed by atoms with Gasteiger partial charge >= 0.3 is 0 Å². The minimum atomic E-state index is -0.200. The Morgan fingerprint density at radius 3 is 2.41 bits per heavy atom. The maximum atomic E-state index is 13.0. The fourth-order valence-electron chi connectivity index (χ4n) is 5.70. The van der Waals surface area contributed by atoms with Crippen LogP contribution in [0.2, 0.25) is 0 Å². The van der Waals surface area contributed by atoms with Crippen LogP contribution >= 0.6 is 15.9 Å². The average molecular weight is 580 g/mol. The van der Waals surface area contributed by atoms with Gasteiger partial charge in [-0.2, -0.15) is 0 Å². The van der Waals surface area contributed by atoms with Crippen molar-refractivity contribution < 1.29 is 9.90 Å². The molecule has 1 fully saturated rings. The van der Waals surface area contributed by atoms with Crippen LogP contribution in [0.4, 0.5) is 0 Å². The molecule has 37 heavy (non-hydrogen) atoms. The van der Waals surface area contributed by atoms with E-state index in [9.17, 15) is 9.90 Å². The minimum Gasteiger partial charge on any atom is -0.396 e. The lowest BCUT2D eigenvalue weighted by Gasteiger charge is -2.39. The number of carbonyl (C=O) groups excluding carboxylic acids is 1. The molecule has 1 rings (SSSR count). The smallest absolute Gasteiger partial charge is 0.236 e. The summed E-state index contributed by atoms with van der Waals surface area (Å²) >= 11 is 3.60. The summed E-state index contributed by atoms with van der Waals surface area (Å²) in [5.41, 5.74) is 1.07. The lowest BCUT2D eigenvalue weighted by atomic mass is 9.70. The second kappa shape index (κ2) is 17.4. The van der Waals surface area contributed by atoms with Gasteiger partial charge in [0.25, 0.3) is 0 Å². The van der Waals surface area contributed by atoms with E-state index in [2.05, 4.69) is 82.0 Å². The molecule has 4 unspecified atom stereocenters. The molecular weight excluding hydrogens is 524 g/mol. The van der Waals surface area contributed by atoms with Crippen molar-refractivity contribution >= 4 is 21.8 Å². The molecule has 1 amide bonds. The Balaban J connectivity index is 2.62. The number of hydrogen-bond donors (Lipinski definition) is 2. The molecular formula is C32H55BrN2O2. The van der Waals surface area contributed by atoms with E-state index in [-0.39, 0.29) is 23.8 Å². The van der Waals surface area contributed by atoms with Crippen molar-refractivity contribution in [2.45, 2.75) is 92.5 Å². The van der Waals surface area contributed by atoms with Crippen molar-refractivity contribution in [2.24, 2.45) is 29.1 Å². The first-order valence-corrected chi connectivity index (χ1v) is 15.2. The summed E-state index contributed by atoms with van der Waals surface area (Å²) in [5.74, 6) is 2.32. The van der Waals surface area contributed by atoms with Crippen molar-refractivity contribution in [3.05, 3.63) is 47.5 Å². The van der Waals surface area contributed by atoms with Crippen molar-refractivity contribution in [1.82, 2.24) is 10.2 Å². The predicted octanol–water partition coefficient (Wildman–Crippen LogP) is 7.66. The molecule has 0 radical (unpaired) electrons. The fraction of sp³-hybridized carbons (Fsp3) is 0.719. The Morgan fingerprint density at radius 1 is 1.22 bits per heavy atom. The van der Waals surface area contributed by atoms with Gasteiger partial charge in [0.15, 0.2) is 0 Å². The summed E-state index contributed by atoms with van der Waals surface area (Å²) in [4.78, 5) is 15.0. The van der Waals surface area contributed by atoms with E-state index in [1.807, 2.05) is 17.1 Å². The molecule has 1 saturated heterocycles. The normalized spacial score (nSPS) is 19.3. The molecule has 4 nitrogen and oxygen atoms in total. The van der Waals surface area contributed by atoms with Gasteiger partial charge in [0, 0.05) is 30.2 Å². The third-order valence-electron chi connectivity index (χ3n) is 8.49. The second-order valence-electron chi connectivity index (χ2n) is 12.0. The molecule has 0 aromatic rings. The first-order chi connectivity index (χ1) is 17.5. The molecule has 0 saturated carbocycles. The van der Waals surface area contributed by atoms with Crippen LogP contribution in [0.25, 0.3) is 0 Å². The number of likely N-dealkylation sites (tertiary alicyclic amines) is 1. The maximum Gasteiger partial charge on any atom is 0.236 e. The zero-order valence-corrected chi connectivity index (χ0v) is 26.2. The van der Waals surface area contributed by atoms with Crippen LogP contribution in [-0.4, -0.2) is 48.2 Å². The number of aliphatic hydroxyl groups excluding tert-OH is 1. The van der Waals surface area contributed by atoms with Gasteiger partial charge in [-0.25, -0.2) is 0 Å². The van der Waals surface area contributed by atoms with Gasteiger partial charge in [-0.3, -0.25) is 4.79 Å². The summed E-state index contributed by atoms with van der Waals surface area (Å²) in [6.45, 7) is 23.1. The summed E-state index contributed by atoms with van der Waals surface area (Å²) in [7, 11) is 0. The van der Waals surface area contributed by atoms with E-state index in [1.165, 1.54) is 18.4 Å². The highest BCUT2D eigenvalue weighted by Crippen LogP contribution is 2.40. The van der Waals surface area contributed by atoms with Gasteiger partial charge < -0.3 is 15.3 Å². The second-order valence-corrected chi connectivity index (χ2v) is 12.9. The van der Waals surface area contributed by atoms with E-state index < -0.39 is 0 Å². The minimum absolute atomic E-state index is 0.152. The standard InChI is InChI=1S/C32H55BrN2O2/c1-9-12-24(4)14-15-28(11-3)26(6)34-22-31(37)35-18-16-27(17-19-35)21-30(32(7,8)23-36)25(5)20-29(33)13-10-2/h9-10,13,20,24,26-28,30,34,36H,1-2,11-12,14-19,21-23H2,3-8H3/b25-20+,29-13+. The summed E-state index contributed by atoms with van der Waals surface area (Å²) in [6.07, 6.45) is 15.6. The van der Waals surface area contributed by atoms with Crippen LogP contribution < -0.4 is 5.32 Å². The molecule has 4 atom stereocenters. The summed E-state index contributed by atoms with van der Waals surface area (Å²) in [5, 5.41) is 13.6. The van der Waals surface area contributed by atoms with E-state index in [4.69, 9.17) is 0 Å². The Bertz CT molecular complexity index is 765. The number of carbonyl (C=O) groups is 1. The molecule has 5 heteroatoms. The SMILES string of the molecule is C=C/C=C(Br)\C=C(/C)C(CC1CCN(C(=O)CNC(C)C(CC)CCC(C)CC=C)CC1)C(C)(C)CO. The Labute approximate surface area is 236 Å². The first-order valence-electron chi connectivity index (χ1n) is 14.4. The van der Waals surface area contributed by atoms with Crippen molar-refractivity contribution in [3.8, 4) is 0 Å². The zero-order valence-electron chi connectivity index (χ0n) is 24.6. The molecule has 2 N–H and O–H groups in total. The molecule has 0 aromatic heterocycles. The van der Waals surface area contributed by atoms with Gasteiger partial charge in [-0.1, -0.05) is 80.8 Å². The Morgan fingerprint density at radius 2 is 1.86 bits per heavy atom. The highest BCUT2D eigenvalue weighted by molar-refractivity contribution is 9.11. The van der Waals surface area contributed by atoms with Gasteiger partial charge in [-0.05, 0) is 87.2 Å². The van der Waals surface area contributed by atoms with E-state index in [1.54, 1.807) is 6.08 Å². The highest BCUT2D eigenvalue weighted by Gasteiger charge is 2.34. The number of amides is 1. The van der Waals surface area contributed by atoms with Crippen LogP contribution in [0.3, 0.4) is 0 Å². The number of nitrogens with zero attached hydrogens (tertiary/aromatic N) is 1. The topological polar surface area (TPSA) is 52.6 Å². The number of piperidine rings is 1.